The van der Waals surface area contributed by atoms with Gasteiger partial charge in [-0.2, -0.15) is 0 Å². The first-order valence-corrected chi connectivity index (χ1v) is 5.18. The lowest BCUT2D eigenvalue weighted by Gasteiger charge is -2.20. The van der Waals surface area contributed by atoms with Crippen molar-refractivity contribution in [1.82, 2.24) is 0 Å². The smallest absolute Gasteiger partial charge is 0.331 e. The Balaban J connectivity index is 2.21. The summed E-state index contributed by atoms with van der Waals surface area (Å²) in [6.45, 7) is 3.69. The van der Waals surface area contributed by atoms with E-state index in [1.807, 2.05) is 6.92 Å². The molecule has 2 aliphatic carbocycles. The van der Waals surface area contributed by atoms with Crippen LogP contribution in [0.25, 0.3) is 0 Å². The van der Waals surface area contributed by atoms with Crippen LogP contribution in [0.3, 0.4) is 0 Å². The van der Waals surface area contributed by atoms with Gasteiger partial charge in [-0.1, -0.05) is 17.7 Å². The first kappa shape index (κ1) is 9.50. The van der Waals surface area contributed by atoms with E-state index in [9.17, 15) is 4.79 Å². The minimum Gasteiger partial charge on any atom is -0.478 e. The fourth-order valence-electron chi connectivity index (χ4n) is 2.73. The molecule has 0 heterocycles. The number of aliphatic carboxylic acids is 1. The Morgan fingerprint density at radius 2 is 2.00 bits per heavy atom. The number of carboxylic acid groups (broad SMARTS) is 1. The SMILES string of the molecule is CC(C(=O)O)=C(C)C1CC2C=CC1C2. The van der Waals surface area contributed by atoms with Gasteiger partial charge in [-0.15, -0.1) is 0 Å². The third kappa shape index (κ3) is 1.39. The molecule has 0 aromatic carbocycles. The minimum atomic E-state index is -0.769. The zero-order chi connectivity index (χ0) is 10.3. The van der Waals surface area contributed by atoms with Gasteiger partial charge in [-0.05, 0) is 44.4 Å². The van der Waals surface area contributed by atoms with Crippen molar-refractivity contribution in [2.45, 2.75) is 26.7 Å². The lowest BCUT2D eigenvalue weighted by atomic mass is 9.85. The van der Waals surface area contributed by atoms with Crippen LogP contribution in [-0.4, -0.2) is 11.1 Å². The number of allylic oxidation sites excluding steroid dienone is 3. The summed E-state index contributed by atoms with van der Waals surface area (Å²) in [7, 11) is 0. The molecule has 2 bridgehead atoms. The molecular formula is C12H16O2. The van der Waals surface area contributed by atoms with Crippen molar-refractivity contribution in [2.24, 2.45) is 17.8 Å². The average molecular weight is 192 g/mol. The van der Waals surface area contributed by atoms with Crippen molar-refractivity contribution < 1.29 is 9.90 Å². The van der Waals surface area contributed by atoms with E-state index in [1.54, 1.807) is 6.92 Å². The zero-order valence-electron chi connectivity index (χ0n) is 8.66. The topological polar surface area (TPSA) is 37.3 Å². The highest BCUT2D eigenvalue weighted by Gasteiger charge is 2.37. The first-order valence-electron chi connectivity index (χ1n) is 5.18. The Morgan fingerprint density at radius 3 is 2.43 bits per heavy atom. The number of carbonyl (C=O) groups is 1. The number of hydrogen-bond acceptors (Lipinski definition) is 1. The van der Waals surface area contributed by atoms with Crippen molar-refractivity contribution in [3.05, 3.63) is 23.3 Å². The zero-order valence-corrected chi connectivity index (χ0v) is 8.66. The molecule has 0 spiro atoms. The van der Waals surface area contributed by atoms with E-state index in [4.69, 9.17) is 5.11 Å². The van der Waals surface area contributed by atoms with Crippen molar-refractivity contribution >= 4 is 5.97 Å². The van der Waals surface area contributed by atoms with Gasteiger partial charge in [0.05, 0.1) is 0 Å². The maximum Gasteiger partial charge on any atom is 0.331 e. The molecule has 1 fully saturated rings. The minimum absolute atomic E-state index is 0.487. The molecule has 1 saturated carbocycles. The van der Waals surface area contributed by atoms with E-state index in [-0.39, 0.29) is 0 Å². The van der Waals surface area contributed by atoms with Gasteiger partial charge in [0.15, 0.2) is 0 Å². The molecule has 0 aromatic heterocycles. The second kappa shape index (κ2) is 3.26. The molecule has 2 aliphatic rings. The summed E-state index contributed by atoms with van der Waals surface area (Å²) >= 11 is 0. The Kier molecular flexibility index (Phi) is 2.22. The van der Waals surface area contributed by atoms with Crippen LogP contribution in [0.5, 0.6) is 0 Å². The summed E-state index contributed by atoms with van der Waals surface area (Å²) in [5.41, 5.74) is 1.62. The molecule has 0 aliphatic heterocycles. The van der Waals surface area contributed by atoms with Crippen LogP contribution >= 0.6 is 0 Å². The lowest BCUT2D eigenvalue weighted by Crippen LogP contribution is -2.12. The van der Waals surface area contributed by atoms with Crippen LogP contribution in [0, 0.1) is 17.8 Å². The second-order valence-electron chi connectivity index (χ2n) is 4.50. The molecular weight excluding hydrogens is 176 g/mol. The molecule has 3 unspecified atom stereocenters. The maximum absolute atomic E-state index is 10.8. The molecule has 2 rings (SSSR count). The van der Waals surface area contributed by atoms with E-state index in [2.05, 4.69) is 12.2 Å². The number of hydrogen-bond donors (Lipinski definition) is 1. The predicted molar refractivity (Wildman–Crippen MR) is 54.9 cm³/mol. The van der Waals surface area contributed by atoms with Crippen molar-refractivity contribution in [3.63, 3.8) is 0 Å². The van der Waals surface area contributed by atoms with Crippen LogP contribution < -0.4 is 0 Å². The molecule has 14 heavy (non-hydrogen) atoms. The molecule has 2 nitrogen and oxygen atoms in total. The highest BCUT2D eigenvalue weighted by Crippen LogP contribution is 2.47. The Bertz CT molecular complexity index is 325. The summed E-state index contributed by atoms with van der Waals surface area (Å²) in [5.74, 6) is 1.03. The fourth-order valence-corrected chi connectivity index (χ4v) is 2.73. The quantitative estimate of drug-likeness (QED) is 0.539. The van der Waals surface area contributed by atoms with Crippen molar-refractivity contribution in [1.29, 1.82) is 0 Å². The molecule has 2 heteroatoms. The van der Waals surface area contributed by atoms with Gasteiger partial charge >= 0.3 is 5.97 Å². The third-order valence-electron chi connectivity index (χ3n) is 3.75. The van der Waals surface area contributed by atoms with Crippen LogP contribution in [0.2, 0.25) is 0 Å². The summed E-state index contributed by atoms with van der Waals surface area (Å²) in [4.78, 5) is 10.8. The van der Waals surface area contributed by atoms with Gasteiger partial charge in [0.2, 0.25) is 0 Å². The number of rotatable bonds is 2. The maximum atomic E-state index is 10.8. The van der Waals surface area contributed by atoms with E-state index >= 15 is 0 Å². The fraction of sp³-hybridized carbons (Fsp3) is 0.583. The molecule has 0 radical (unpaired) electrons. The lowest BCUT2D eigenvalue weighted by molar-refractivity contribution is -0.132. The first-order chi connectivity index (χ1) is 6.59. The van der Waals surface area contributed by atoms with E-state index in [1.165, 1.54) is 6.42 Å². The second-order valence-corrected chi connectivity index (χ2v) is 4.50. The van der Waals surface area contributed by atoms with Crippen molar-refractivity contribution in [2.75, 3.05) is 0 Å². The highest BCUT2D eigenvalue weighted by atomic mass is 16.4. The van der Waals surface area contributed by atoms with Crippen LogP contribution in [-0.2, 0) is 4.79 Å². The summed E-state index contributed by atoms with van der Waals surface area (Å²) < 4.78 is 0. The Labute approximate surface area is 84.3 Å². The highest BCUT2D eigenvalue weighted by molar-refractivity contribution is 5.86. The summed E-state index contributed by atoms with van der Waals surface area (Å²) in [6.07, 6.45) is 6.93. The molecule has 0 amide bonds. The van der Waals surface area contributed by atoms with Gasteiger partial charge in [-0.25, -0.2) is 4.79 Å². The number of fused-ring (bicyclic) bond motifs is 2. The third-order valence-corrected chi connectivity index (χ3v) is 3.75. The average Bonchev–Trinajstić information content (AvgIpc) is 2.76. The molecule has 0 aromatic rings. The van der Waals surface area contributed by atoms with Gasteiger partial charge in [0.1, 0.15) is 0 Å². The van der Waals surface area contributed by atoms with Gasteiger partial charge in [-0.3, -0.25) is 0 Å². The van der Waals surface area contributed by atoms with Crippen LogP contribution in [0.15, 0.2) is 23.3 Å². The van der Waals surface area contributed by atoms with Crippen LogP contribution in [0.1, 0.15) is 26.7 Å². The van der Waals surface area contributed by atoms with E-state index in [0.717, 1.165) is 12.0 Å². The van der Waals surface area contributed by atoms with Gasteiger partial charge in [0, 0.05) is 5.57 Å². The largest absolute Gasteiger partial charge is 0.478 e. The van der Waals surface area contributed by atoms with Gasteiger partial charge in [0.25, 0.3) is 0 Å². The monoisotopic (exact) mass is 192 g/mol. The van der Waals surface area contributed by atoms with E-state index in [0.29, 0.717) is 23.3 Å². The Hall–Kier alpha value is -1.05. The predicted octanol–water partition coefficient (Wildman–Crippen LogP) is 2.62. The summed E-state index contributed by atoms with van der Waals surface area (Å²) in [6, 6.07) is 0. The van der Waals surface area contributed by atoms with Crippen molar-refractivity contribution in [3.8, 4) is 0 Å². The summed E-state index contributed by atoms with van der Waals surface area (Å²) in [5, 5.41) is 8.91. The van der Waals surface area contributed by atoms with Crippen LogP contribution in [0.4, 0.5) is 0 Å². The molecule has 3 atom stereocenters. The van der Waals surface area contributed by atoms with Gasteiger partial charge < -0.3 is 5.11 Å². The Morgan fingerprint density at radius 1 is 1.29 bits per heavy atom. The molecule has 1 N–H and O–H groups in total. The standard InChI is InChI=1S/C12H16O2/c1-7(8(2)12(13)14)11-6-9-3-4-10(11)5-9/h3-4,9-11H,5-6H2,1-2H3,(H,13,14). The van der Waals surface area contributed by atoms with E-state index < -0.39 is 5.97 Å². The molecule has 76 valence electrons. The molecule has 0 saturated heterocycles. The number of carboxylic acids is 1. The normalized spacial score (nSPS) is 36.0.